The van der Waals surface area contributed by atoms with Gasteiger partial charge in [0.25, 0.3) is 5.91 Å². The second kappa shape index (κ2) is 7.59. The third-order valence-electron chi connectivity index (χ3n) is 3.47. The number of aromatic nitrogens is 4. The highest BCUT2D eigenvalue weighted by atomic mass is 79.9. The molecule has 9 heteroatoms. The van der Waals surface area contributed by atoms with Crippen molar-refractivity contribution < 1.29 is 4.79 Å². The van der Waals surface area contributed by atoms with Crippen molar-refractivity contribution in [2.24, 2.45) is 0 Å². The lowest BCUT2D eigenvalue weighted by Crippen LogP contribution is -2.14. The van der Waals surface area contributed by atoms with Gasteiger partial charge in [0.2, 0.25) is 0 Å². The summed E-state index contributed by atoms with van der Waals surface area (Å²) in [7, 11) is 0. The van der Waals surface area contributed by atoms with Gasteiger partial charge in [0.15, 0.2) is 11.5 Å². The summed E-state index contributed by atoms with van der Waals surface area (Å²) >= 11 is 15.4. The van der Waals surface area contributed by atoms with Gasteiger partial charge >= 0.3 is 0 Å². The Kier molecular flexibility index (Phi) is 5.46. The fourth-order valence-electron chi connectivity index (χ4n) is 2.22. The van der Waals surface area contributed by atoms with Crippen LogP contribution >= 0.6 is 39.1 Å². The smallest absolute Gasteiger partial charge is 0.277 e. The molecule has 1 aromatic carbocycles. The Morgan fingerprint density at radius 2 is 2.00 bits per heavy atom. The van der Waals surface area contributed by atoms with Crippen molar-refractivity contribution in [3.8, 4) is 0 Å². The molecule has 3 aromatic rings. The highest BCUT2D eigenvalue weighted by Crippen LogP contribution is 2.24. The molecular weight excluding hydrogens is 429 g/mol. The van der Waals surface area contributed by atoms with E-state index in [1.165, 1.54) is 0 Å². The van der Waals surface area contributed by atoms with E-state index >= 15 is 0 Å². The zero-order chi connectivity index (χ0) is 18.0. The normalized spacial score (nSPS) is 10.9. The van der Waals surface area contributed by atoms with E-state index in [1.54, 1.807) is 40.0 Å². The fraction of sp³-hybridized carbons (Fsp3) is 0.188. The molecule has 0 saturated heterocycles. The number of aryl methyl sites for hydroxylation is 1. The molecule has 1 amide bonds. The van der Waals surface area contributed by atoms with Crippen LogP contribution in [0.1, 0.15) is 23.0 Å². The molecule has 0 saturated carbocycles. The van der Waals surface area contributed by atoms with E-state index in [0.29, 0.717) is 39.1 Å². The number of amides is 1. The second-order valence-corrected chi connectivity index (χ2v) is 6.95. The largest absolute Gasteiger partial charge is 0.303 e. The van der Waals surface area contributed by atoms with E-state index in [-0.39, 0.29) is 5.91 Å². The van der Waals surface area contributed by atoms with Crippen LogP contribution in [0.15, 0.2) is 41.1 Å². The Morgan fingerprint density at radius 1 is 1.20 bits per heavy atom. The van der Waals surface area contributed by atoms with E-state index in [9.17, 15) is 4.79 Å². The molecule has 0 atom stereocenters. The summed E-state index contributed by atoms with van der Waals surface area (Å²) in [6.45, 7) is 3.15. The van der Waals surface area contributed by atoms with Gasteiger partial charge < -0.3 is 5.32 Å². The molecule has 2 aromatic heterocycles. The number of hydrogen-bond donors (Lipinski definition) is 1. The molecule has 0 aliphatic rings. The first-order chi connectivity index (χ1) is 12.0. The minimum atomic E-state index is -0.312. The molecule has 6 nitrogen and oxygen atoms in total. The third kappa shape index (κ3) is 4.23. The molecule has 0 unspecified atom stereocenters. The fourth-order valence-corrected chi connectivity index (χ4v) is 2.95. The number of nitrogens with one attached hydrogen (secondary N) is 1. The van der Waals surface area contributed by atoms with Crippen LogP contribution in [0.3, 0.4) is 0 Å². The monoisotopic (exact) mass is 441 g/mol. The maximum atomic E-state index is 12.3. The molecule has 0 fully saturated rings. The first kappa shape index (κ1) is 18.0. The first-order valence-electron chi connectivity index (χ1n) is 7.48. The number of hydrogen-bond acceptors (Lipinski definition) is 3. The molecule has 3 rings (SSSR count). The van der Waals surface area contributed by atoms with Crippen LogP contribution < -0.4 is 5.32 Å². The van der Waals surface area contributed by atoms with Gasteiger partial charge in [0, 0.05) is 18.9 Å². The van der Waals surface area contributed by atoms with Crippen LogP contribution in [0.5, 0.6) is 0 Å². The van der Waals surface area contributed by atoms with Crippen molar-refractivity contribution in [1.29, 1.82) is 0 Å². The molecule has 2 heterocycles. The Labute approximate surface area is 162 Å². The Balaban J connectivity index is 1.73. The highest BCUT2D eigenvalue weighted by molar-refractivity contribution is 9.10. The summed E-state index contributed by atoms with van der Waals surface area (Å²) in [5.41, 5.74) is 1.29. The molecule has 0 aliphatic heterocycles. The molecule has 0 bridgehead atoms. The van der Waals surface area contributed by atoms with Crippen LogP contribution in [-0.4, -0.2) is 25.5 Å². The molecule has 0 radical (unpaired) electrons. The summed E-state index contributed by atoms with van der Waals surface area (Å²) < 4.78 is 4.06. The molecule has 25 heavy (non-hydrogen) atoms. The molecule has 1 N–H and O–H groups in total. The highest BCUT2D eigenvalue weighted by Gasteiger charge is 2.14. The zero-order valence-electron chi connectivity index (χ0n) is 13.2. The standard InChI is InChI=1S/C16H14BrCl2N5O/c1-2-23-6-5-14(21-23)16(25)20-15-11(17)9-24(22-15)8-10-3-4-12(18)13(19)7-10/h3-7,9H,2,8H2,1H3,(H,20,22,25). The number of carbonyl (C=O) groups excluding carboxylic acids is 1. The summed E-state index contributed by atoms with van der Waals surface area (Å²) in [6, 6.07) is 7.07. The number of nitrogens with zero attached hydrogens (tertiary/aromatic N) is 4. The van der Waals surface area contributed by atoms with Crippen molar-refractivity contribution in [1.82, 2.24) is 19.6 Å². The van der Waals surface area contributed by atoms with Gasteiger partial charge in [0.1, 0.15) is 0 Å². The zero-order valence-corrected chi connectivity index (χ0v) is 16.3. The predicted octanol–water partition coefficient (Wildman–Crippen LogP) is 4.47. The van der Waals surface area contributed by atoms with E-state index in [0.717, 1.165) is 5.56 Å². The lowest BCUT2D eigenvalue weighted by atomic mass is 10.2. The summed E-state index contributed by atoms with van der Waals surface area (Å²) in [5, 5.41) is 12.3. The molecule has 0 aliphatic carbocycles. The average molecular weight is 443 g/mol. The van der Waals surface area contributed by atoms with Crippen LogP contribution in [0.2, 0.25) is 10.0 Å². The number of anilines is 1. The van der Waals surface area contributed by atoms with Gasteiger partial charge in [-0.2, -0.15) is 10.2 Å². The van der Waals surface area contributed by atoms with E-state index < -0.39 is 0 Å². The van der Waals surface area contributed by atoms with Crippen molar-refractivity contribution >= 4 is 50.9 Å². The molecule has 0 spiro atoms. The van der Waals surface area contributed by atoms with Gasteiger partial charge in [-0.1, -0.05) is 29.3 Å². The minimum Gasteiger partial charge on any atom is -0.303 e. The van der Waals surface area contributed by atoms with E-state index in [4.69, 9.17) is 23.2 Å². The van der Waals surface area contributed by atoms with Gasteiger partial charge in [-0.15, -0.1) is 0 Å². The summed E-state index contributed by atoms with van der Waals surface area (Å²) in [5.74, 6) is 0.115. The quantitative estimate of drug-likeness (QED) is 0.633. The lowest BCUT2D eigenvalue weighted by molar-refractivity contribution is 0.102. The maximum Gasteiger partial charge on any atom is 0.277 e. The van der Waals surface area contributed by atoms with Crippen LogP contribution in [0.25, 0.3) is 0 Å². The topological polar surface area (TPSA) is 64.7 Å². The van der Waals surface area contributed by atoms with Crippen molar-refractivity contribution in [3.63, 3.8) is 0 Å². The molecular formula is C16H14BrCl2N5O. The number of rotatable bonds is 5. The number of halogens is 3. The van der Waals surface area contributed by atoms with Crippen LogP contribution in [0, 0.1) is 0 Å². The average Bonchev–Trinajstić information content (AvgIpc) is 3.18. The summed E-state index contributed by atoms with van der Waals surface area (Å²) in [6.07, 6.45) is 3.54. The van der Waals surface area contributed by atoms with Crippen LogP contribution in [-0.2, 0) is 13.1 Å². The van der Waals surface area contributed by atoms with Crippen molar-refractivity contribution in [2.75, 3.05) is 5.32 Å². The van der Waals surface area contributed by atoms with Gasteiger partial charge in [-0.3, -0.25) is 14.2 Å². The van der Waals surface area contributed by atoms with Crippen molar-refractivity contribution in [2.45, 2.75) is 20.0 Å². The predicted molar refractivity (Wildman–Crippen MR) is 101 cm³/mol. The first-order valence-corrected chi connectivity index (χ1v) is 9.03. The SMILES string of the molecule is CCn1ccc(C(=O)Nc2nn(Cc3ccc(Cl)c(Cl)c3)cc2Br)n1. The summed E-state index contributed by atoms with van der Waals surface area (Å²) in [4.78, 5) is 12.3. The lowest BCUT2D eigenvalue weighted by Gasteiger charge is -2.04. The third-order valence-corrected chi connectivity index (χ3v) is 4.79. The Morgan fingerprint density at radius 3 is 2.68 bits per heavy atom. The van der Waals surface area contributed by atoms with Gasteiger partial charge in [-0.05, 0) is 46.6 Å². The van der Waals surface area contributed by atoms with E-state index in [1.807, 2.05) is 13.0 Å². The molecule has 130 valence electrons. The Bertz CT molecular complexity index is 921. The number of carbonyl (C=O) groups is 1. The Hall–Kier alpha value is -1.83. The van der Waals surface area contributed by atoms with Crippen molar-refractivity contribution in [3.05, 3.63) is 62.4 Å². The van der Waals surface area contributed by atoms with Gasteiger partial charge in [0.05, 0.1) is 21.1 Å². The van der Waals surface area contributed by atoms with Gasteiger partial charge in [-0.25, -0.2) is 0 Å². The number of benzene rings is 1. The minimum absolute atomic E-state index is 0.312. The maximum absolute atomic E-state index is 12.3. The second-order valence-electron chi connectivity index (χ2n) is 5.28. The van der Waals surface area contributed by atoms with Crippen LogP contribution in [0.4, 0.5) is 5.82 Å². The van der Waals surface area contributed by atoms with E-state index in [2.05, 4.69) is 31.4 Å².